The molecule has 0 saturated carbocycles. The number of hydrogen-bond donors (Lipinski definition) is 2. The number of nitrogens with one attached hydrogen (secondary N) is 1. The molecule has 1 amide bonds. The van der Waals surface area contributed by atoms with E-state index in [1.54, 1.807) is 0 Å². The van der Waals surface area contributed by atoms with Crippen LogP contribution in [-0.2, 0) is 29.5 Å². The highest BCUT2D eigenvalue weighted by molar-refractivity contribution is 7.91. The summed E-state index contributed by atoms with van der Waals surface area (Å²) in [6.07, 6.45) is 0.841. The Morgan fingerprint density at radius 3 is 2.45 bits per heavy atom. The minimum atomic E-state index is -4.49. The van der Waals surface area contributed by atoms with Gasteiger partial charge in [0.1, 0.15) is 17.3 Å². The Morgan fingerprint density at radius 1 is 1.35 bits per heavy atom. The minimum absolute atomic E-state index is 0.380. The fourth-order valence-electron chi connectivity index (χ4n) is 1.14. The Kier molecular flexibility index (Phi) is 4.81. The third-order valence-corrected chi connectivity index (χ3v) is 4.34. The summed E-state index contributed by atoms with van der Waals surface area (Å²) in [4.78, 5) is 14.8. The van der Waals surface area contributed by atoms with Crippen LogP contribution >= 0.6 is 0 Å². The lowest BCUT2D eigenvalue weighted by Gasteiger charge is -2.08. The van der Waals surface area contributed by atoms with Crippen LogP contribution in [-0.4, -0.2) is 35.6 Å². The molecule has 0 fully saturated rings. The predicted molar refractivity (Wildman–Crippen MR) is 65.0 cm³/mol. The zero-order valence-corrected chi connectivity index (χ0v) is 11.8. The van der Waals surface area contributed by atoms with Gasteiger partial charge in [-0.05, 0) is 18.2 Å². The van der Waals surface area contributed by atoms with Gasteiger partial charge in [-0.15, -0.1) is 0 Å². The highest BCUT2D eigenvalue weighted by Crippen LogP contribution is 2.19. The van der Waals surface area contributed by atoms with E-state index in [2.05, 4.69) is 4.84 Å². The first-order chi connectivity index (χ1) is 9.04. The Bertz CT molecular complexity index is 729. The molecule has 0 aliphatic rings. The number of carbonyl (C=O) groups excluding carboxylic acids is 1. The quantitative estimate of drug-likeness (QED) is 0.505. The van der Waals surface area contributed by atoms with Crippen LogP contribution < -0.4 is 10.6 Å². The molecule has 0 heterocycles. The molecule has 0 atom stereocenters. The molecular weight excluding hydrogens is 315 g/mol. The van der Waals surface area contributed by atoms with E-state index in [0.717, 1.165) is 12.3 Å². The van der Waals surface area contributed by atoms with Crippen molar-refractivity contribution in [1.29, 1.82) is 0 Å². The summed E-state index contributed by atoms with van der Waals surface area (Å²) in [5.41, 5.74) is 4.72. The Hall–Kier alpha value is -1.56. The second-order valence-electron chi connectivity index (χ2n) is 3.71. The summed E-state index contributed by atoms with van der Waals surface area (Å²) in [5.74, 6) is -2.12. The Morgan fingerprint density at radius 2 is 1.95 bits per heavy atom. The fraction of sp³-hybridized carbons (Fsp3) is 0.222. The van der Waals surface area contributed by atoms with E-state index in [1.807, 2.05) is 0 Å². The van der Waals surface area contributed by atoms with Gasteiger partial charge in [-0.3, -0.25) is 9.63 Å². The van der Waals surface area contributed by atoms with Crippen molar-refractivity contribution >= 4 is 25.8 Å². The maximum Gasteiger partial charge on any atom is 0.265 e. The largest absolute Gasteiger partial charge is 0.368 e. The second kappa shape index (κ2) is 5.83. The van der Waals surface area contributed by atoms with Crippen molar-refractivity contribution < 1.29 is 30.9 Å². The van der Waals surface area contributed by atoms with Crippen LogP contribution in [0, 0.1) is 5.82 Å². The molecule has 0 unspecified atom stereocenters. The van der Waals surface area contributed by atoms with Gasteiger partial charge in [0.05, 0.1) is 4.90 Å². The number of sulfone groups is 1. The number of rotatable bonds is 6. The molecule has 11 heteroatoms. The smallest absolute Gasteiger partial charge is 0.265 e. The van der Waals surface area contributed by atoms with Crippen molar-refractivity contribution in [2.24, 2.45) is 5.73 Å². The van der Waals surface area contributed by atoms with Crippen LogP contribution in [0.25, 0.3) is 0 Å². The van der Waals surface area contributed by atoms with Crippen molar-refractivity contribution in [1.82, 2.24) is 4.89 Å². The highest BCUT2D eigenvalue weighted by atomic mass is 32.2. The summed E-state index contributed by atoms with van der Waals surface area (Å²) in [6, 6.07) is 2.26. The van der Waals surface area contributed by atoms with Gasteiger partial charge < -0.3 is 5.73 Å². The van der Waals surface area contributed by atoms with Gasteiger partial charge in [0.2, 0.25) is 5.91 Å². The minimum Gasteiger partial charge on any atom is -0.368 e. The molecule has 0 aliphatic heterocycles. The van der Waals surface area contributed by atoms with Gasteiger partial charge in [-0.2, -0.15) is 0 Å². The maximum absolute atomic E-state index is 13.5. The molecule has 0 aliphatic carbocycles. The van der Waals surface area contributed by atoms with Crippen molar-refractivity contribution in [3.05, 3.63) is 24.0 Å². The number of sulfonamides is 1. The first kappa shape index (κ1) is 16.5. The molecule has 20 heavy (non-hydrogen) atoms. The monoisotopic (exact) mass is 326 g/mol. The molecule has 8 nitrogen and oxygen atoms in total. The molecule has 0 bridgehead atoms. The molecule has 1 rings (SSSR count). The van der Waals surface area contributed by atoms with E-state index < -0.39 is 43.1 Å². The Labute approximate surface area is 114 Å². The number of primary amides is 1. The average Bonchev–Trinajstić information content (AvgIpc) is 2.26. The molecule has 0 aromatic heterocycles. The van der Waals surface area contributed by atoms with Gasteiger partial charge in [0.25, 0.3) is 10.0 Å². The summed E-state index contributed by atoms with van der Waals surface area (Å²) in [7, 11) is -8.20. The van der Waals surface area contributed by atoms with Gasteiger partial charge in [-0.1, -0.05) is 4.89 Å². The fourth-order valence-corrected chi connectivity index (χ4v) is 2.78. The molecule has 0 saturated heterocycles. The number of carbonyl (C=O) groups is 1. The number of nitrogens with two attached hydrogens (primary N) is 1. The normalized spacial score (nSPS) is 12.3. The van der Waals surface area contributed by atoms with Crippen LogP contribution in [0.4, 0.5) is 4.39 Å². The number of benzene rings is 1. The van der Waals surface area contributed by atoms with E-state index in [-0.39, 0.29) is 4.90 Å². The maximum atomic E-state index is 13.5. The van der Waals surface area contributed by atoms with E-state index >= 15 is 0 Å². The second-order valence-corrected chi connectivity index (χ2v) is 7.34. The van der Waals surface area contributed by atoms with E-state index in [9.17, 15) is 26.0 Å². The van der Waals surface area contributed by atoms with Crippen LogP contribution in [0.1, 0.15) is 0 Å². The Balaban J connectivity index is 3.15. The summed E-state index contributed by atoms with van der Waals surface area (Å²) in [5, 5.41) is 0. The zero-order valence-electron chi connectivity index (χ0n) is 10.2. The first-order valence-electron chi connectivity index (χ1n) is 4.95. The number of amides is 1. The van der Waals surface area contributed by atoms with Crippen LogP contribution in [0.5, 0.6) is 0 Å². The van der Waals surface area contributed by atoms with E-state index in [0.29, 0.717) is 12.1 Å². The van der Waals surface area contributed by atoms with Gasteiger partial charge in [-0.25, -0.2) is 21.2 Å². The molecule has 1 aromatic carbocycles. The summed E-state index contributed by atoms with van der Waals surface area (Å²) < 4.78 is 59.5. The zero-order chi connectivity index (χ0) is 15.6. The molecule has 0 radical (unpaired) electrons. The first-order valence-corrected chi connectivity index (χ1v) is 8.33. The lowest BCUT2D eigenvalue weighted by Crippen LogP contribution is -2.30. The van der Waals surface area contributed by atoms with Gasteiger partial charge in [0, 0.05) is 6.26 Å². The SMILES string of the molecule is CS(=O)(=O)c1ccc(F)c(S(=O)(=O)NOCC(N)=O)c1. The van der Waals surface area contributed by atoms with Crippen molar-refractivity contribution in [3.63, 3.8) is 0 Å². The summed E-state index contributed by atoms with van der Waals surface area (Å²) in [6.45, 7) is -0.757. The van der Waals surface area contributed by atoms with Crippen molar-refractivity contribution in [2.45, 2.75) is 9.79 Å². The van der Waals surface area contributed by atoms with E-state index in [1.165, 1.54) is 4.89 Å². The van der Waals surface area contributed by atoms with Crippen LogP contribution in [0.15, 0.2) is 28.0 Å². The van der Waals surface area contributed by atoms with Crippen LogP contribution in [0.2, 0.25) is 0 Å². The molecular formula is C9H11FN2O6S2. The molecule has 3 N–H and O–H groups in total. The van der Waals surface area contributed by atoms with Crippen molar-refractivity contribution in [3.8, 4) is 0 Å². The van der Waals surface area contributed by atoms with Gasteiger partial charge in [0.15, 0.2) is 9.84 Å². The standard InChI is InChI=1S/C9H11FN2O6S2/c1-19(14,15)6-2-3-7(10)8(4-6)20(16,17)12-18-5-9(11)13/h2-4,12H,5H2,1H3,(H2,11,13). The lowest BCUT2D eigenvalue weighted by molar-refractivity contribution is -0.123. The third kappa shape index (κ3) is 4.23. The molecule has 1 aromatic rings. The average molecular weight is 326 g/mol. The van der Waals surface area contributed by atoms with Crippen LogP contribution in [0.3, 0.4) is 0 Å². The predicted octanol–water partition coefficient (Wildman–Crippen LogP) is -1.08. The number of halogens is 1. The molecule has 0 spiro atoms. The summed E-state index contributed by atoms with van der Waals surface area (Å²) >= 11 is 0. The number of hydrogen-bond acceptors (Lipinski definition) is 6. The lowest BCUT2D eigenvalue weighted by atomic mass is 10.3. The van der Waals surface area contributed by atoms with Gasteiger partial charge >= 0.3 is 0 Å². The van der Waals surface area contributed by atoms with E-state index in [4.69, 9.17) is 5.73 Å². The third-order valence-electron chi connectivity index (χ3n) is 2.00. The molecule has 112 valence electrons. The topological polar surface area (TPSA) is 133 Å². The van der Waals surface area contributed by atoms with Crippen molar-refractivity contribution in [2.75, 3.05) is 12.9 Å². The highest BCUT2D eigenvalue weighted by Gasteiger charge is 2.22.